The molecule has 0 amide bonds. The van der Waals surface area contributed by atoms with Gasteiger partial charge in [0.1, 0.15) is 10.0 Å². The number of sulfonamides is 1. The van der Waals surface area contributed by atoms with Crippen LogP contribution in [0.5, 0.6) is 0 Å². The predicted octanol–water partition coefficient (Wildman–Crippen LogP) is 4.24. The maximum atomic E-state index is 13.1. The fourth-order valence-corrected chi connectivity index (χ4v) is 4.58. The van der Waals surface area contributed by atoms with E-state index >= 15 is 0 Å². The number of benzene rings is 2. The zero-order valence-corrected chi connectivity index (χ0v) is 16.1. The first-order valence-corrected chi connectivity index (χ1v) is 10.7. The summed E-state index contributed by atoms with van der Waals surface area (Å²) in [7, 11) is -3.77. The Morgan fingerprint density at radius 3 is 2.21 bits per heavy atom. The van der Waals surface area contributed by atoms with Crippen molar-refractivity contribution < 1.29 is 12.8 Å². The number of rotatable bonds is 6. The van der Waals surface area contributed by atoms with Gasteiger partial charge in [0.05, 0.1) is 11.0 Å². The van der Waals surface area contributed by atoms with Crippen LogP contribution in [0.4, 0.5) is 16.0 Å². The third kappa shape index (κ3) is 3.95. The van der Waals surface area contributed by atoms with Crippen LogP contribution < -0.4 is 10.0 Å². The minimum atomic E-state index is -3.77. The minimum Gasteiger partial charge on any atom is -0.363 e. The van der Waals surface area contributed by atoms with Gasteiger partial charge >= 0.3 is 0 Å². The van der Waals surface area contributed by atoms with Crippen molar-refractivity contribution in [3.8, 4) is 0 Å². The van der Waals surface area contributed by atoms with E-state index in [1.54, 1.807) is 41.8 Å². The smallest absolute Gasteiger partial charge is 0.272 e. The molecule has 0 atom stereocenters. The monoisotopic (exact) mass is 414 g/mol. The van der Waals surface area contributed by atoms with Gasteiger partial charge in [-0.05, 0) is 41.3 Å². The van der Waals surface area contributed by atoms with Crippen LogP contribution in [0.1, 0.15) is 5.56 Å². The third-order valence-electron chi connectivity index (χ3n) is 3.93. The first-order chi connectivity index (χ1) is 13.5. The number of thiophene rings is 1. The van der Waals surface area contributed by atoms with Crippen LogP contribution in [-0.2, 0) is 16.6 Å². The molecule has 0 fully saturated rings. The number of nitrogens with one attached hydrogen (secondary N) is 2. The van der Waals surface area contributed by atoms with Crippen molar-refractivity contribution in [1.29, 1.82) is 0 Å². The van der Waals surface area contributed by atoms with E-state index in [-0.39, 0.29) is 15.8 Å². The summed E-state index contributed by atoms with van der Waals surface area (Å²) in [6.07, 6.45) is 0. The van der Waals surface area contributed by atoms with E-state index in [0.29, 0.717) is 23.4 Å². The molecule has 0 saturated heterocycles. The van der Waals surface area contributed by atoms with Crippen LogP contribution in [0.2, 0.25) is 0 Å². The number of nitrogens with zero attached hydrogens (tertiary/aromatic N) is 2. The lowest BCUT2D eigenvalue weighted by molar-refractivity contribution is 0.603. The van der Waals surface area contributed by atoms with Gasteiger partial charge < -0.3 is 5.32 Å². The fourth-order valence-electron chi connectivity index (χ4n) is 2.58. The predicted molar refractivity (Wildman–Crippen MR) is 108 cm³/mol. The zero-order chi connectivity index (χ0) is 19.6. The van der Waals surface area contributed by atoms with Crippen LogP contribution in [0.15, 0.2) is 70.3 Å². The van der Waals surface area contributed by atoms with Gasteiger partial charge in [-0.1, -0.05) is 30.3 Å². The van der Waals surface area contributed by atoms with Crippen molar-refractivity contribution >= 4 is 44.0 Å². The van der Waals surface area contributed by atoms with Crippen molar-refractivity contribution in [2.75, 3.05) is 10.0 Å². The molecular weight excluding hydrogens is 399 g/mol. The maximum absolute atomic E-state index is 13.1. The van der Waals surface area contributed by atoms with E-state index in [4.69, 9.17) is 0 Å². The van der Waals surface area contributed by atoms with Crippen LogP contribution in [0.3, 0.4) is 0 Å². The molecule has 0 aliphatic heterocycles. The van der Waals surface area contributed by atoms with Crippen molar-refractivity contribution in [2.24, 2.45) is 0 Å². The molecule has 9 heteroatoms. The van der Waals surface area contributed by atoms with Gasteiger partial charge in [-0.2, -0.15) is 0 Å². The van der Waals surface area contributed by atoms with Crippen LogP contribution in [0, 0.1) is 5.82 Å². The Labute approximate surface area is 165 Å². The van der Waals surface area contributed by atoms with Gasteiger partial charge in [-0.25, -0.2) is 22.8 Å². The Bertz CT molecular complexity index is 1210. The fraction of sp³-hybridized carbons (Fsp3) is 0.0526. The molecule has 4 aromatic rings. The molecule has 0 saturated carbocycles. The largest absolute Gasteiger partial charge is 0.363 e. The zero-order valence-electron chi connectivity index (χ0n) is 14.5. The standard InChI is InChI=1S/C19H15FN4O2S2/c20-14-9-7-13(8-10-14)12-21-18-19(23-16-5-2-1-4-15(16)22-18)24-28(25,26)17-6-3-11-27-17/h1-11H,12H2,(H,21,22)(H,23,24). The van der Waals surface area contributed by atoms with Crippen molar-refractivity contribution in [1.82, 2.24) is 9.97 Å². The van der Waals surface area contributed by atoms with Gasteiger partial charge in [-0.3, -0.25) is 4.72 Å². The molecule has 2 heterocycles. The topological polar surface area (TPSA) is 84.0 Å². The van der Waals surface area contributed by atoms with E-state index in [0.717, 1.165) is 16.9 Å². The highest BCUT2D eigenvalue weighted by atomic mass is 32.2. The lowest BCUT2D eigenvalue weighted by Gasteiger charge is -2.13. The highest BCUT2D eigenvalue weighted by Gasteiger charge is 2.19. The molecule has 0 unspecified atom stereocenters. The molecule has 2 aromatic carbocycles. The van der Waals surface area contributed by atoms with E-state index in [9.17, 15) is 12.8 Å². The first-order valence-electron chi connectivity index (χ1n) is 8.33. The molecule has 0 aliphatic rings. The normalized spacial score (nSPS) is 11.5. The van der Waals surface area contributed by atoms with Crippen LogP contribution in [-0.4, -0.2) is 18.4 Å². The molecule has 0 bridgehead atoms. The van der Waals surface area contributed by atoms with Crippen molar-refractivity contribution in [3.05, 3.63) is 77.4 Å². The highest BCUT2D eigenvalue weighted by Crippen LogP contribution is 2.26. The quantitative estimate of drug-likeness (QED) is 0.493. The molecule has 2 N–H and O–H groups in total. The summed E-state index contributed by atoms with van der Waals surface area (Å²) in [5.74, 6) is 0.0796. The minimum absolute atomic E-state index is 0.106. The summed E-state index contributed by atoms with van der Waals surface area (Å²) in [6, 6.07) is 16.4. The Kier molecular flexibility index (Phi) is 4.93. The summed E-state index contributed by atoms with van der Waals surface area (Å²) in [5.41, 5.74) is 2.02. The van der Waals surface area contributed by atoms with Gasteiger partial charge in [-0.15, -0.1) is 11.3 Å². The molecule has 6 nitrogen and oxygen atoms in total. The van der Waals surface area contributed by atoms with Gasteiger partial charge in [0.2, 0.25) is 0 Å². The molecule has 0 spiro atoms. The van der Waals surface area contributed by atoms with Crippen molar-refractivity contribution in [3.63, 3.8) is 0 Å². The Morgan fingerprint density at radius 2 is 1.57 bits per heavy atom. The Balaban J connectivity index is 1.69. The number of fused-ring (bicyclic) bond motifs is 1. The number of aromatic nitrogens is 2. The van der Waals surface area contributed by atoms with E-state index in [1.165, 1.54) is 18.2 Å². The molecule has 142 valence electrons. The second kappa shape index (κ2) is 7.53. The van der Waals surface area contributed by atoms with E-state index in [1.807, 2.05) is 6.07 Å². The average Bonchev–Trinajstić information content (AvgIpc) is 3.23. The number of para-hydroxylation sites is 2. The number of anilines is 2. The number of halogens is 1. The third-order valence-corrected chi connectivity index (χ3v) is 6.67. The van der Waals surface area contributed by atoms with E-state index < -0.39 is 10.0 Å². The summed E-state index contributed by atoms with van der Waals surface area (Å²) in [4.78, 5) is 8.93. The van der Waals surface area contributed by atoms with Gasteiger partial charge in [0, 0.05) is 6.54 Å². The summed E-state index contributed by atoms with van der Waals surface area (Å²) < 4.78 is 41.0. The number of hydrogen-bond acceptors (Lipinski definition) is 6. The highest BCUT2D eigenvalue weighted by molar-refractivity contribution is 7.94. The van der Waals surface area contributed by atoms with Crippen LogP contribution >= 0.6 is 11.3 Å². The van der Waals surface area contributed by atoms with Crippen LogP contribution in [0.25, 0.3) is 11.0 Å². The van der Waals surface area contributed by atoms with E-state index in [2.05, 4.69) is 20.0 Å². The lowest BCUT2D eigenvalue weighted by Crippen LogP contribution is -2.15. The van der Waals surface area contributed by atoms with Gasteiger partial charge in [0.25, 0.3) is 10.0 Å². The Hall–Kier alpha value is -3.04. The summed E-state index contributed by atoms with van der Waals surface area (Å²) >= 11 is 1.12. The first kappa shape index (κ1) is 18.3. The average molecular weight is 414 g/mol. The molecule has 2 aromatic heterocycles. The molecule has 0 radical (unpaired) electrons. The summed E-state index contributed by atoms with van der Waals surface area (Å²) in [5, 5.41) is 4.78. The maximum Gasteiger partial charge on any atom is 0.272 e. The number of hydrogen-bond donors (Lipinski definition) is 2. The Morgan fingerprint density at radius 1 is 0.893 bits per heavy atom. The lowest BCUT2D eigenvalue weighted by atomic mass is 10.2. The van der Waals surface area contributed by atoms with Crippen molar-refractivity contribution in [2.45, 2.75) is 10.8 Å². The summed E-state index contributed by atoms with van der Waals surface area (Å²) in [6.45, 7) is 0.334. The second-order valence-corrected chi connectivity index (χ2v) is 8.78. The molecular formula is C19H15FN4O2S2. The molecule has 4 rings (SSSR count). The van der Waals surface area contributed by atoms with Gasteiger partial charge in [0.15, 0.2) is 11.6 Å². The molecule has 28 heavy (non-hydrogen) atoms. The molecule has 0 aliphatic carbocycles. The second-order valence-electron chi connectivity index (χ2n) is 5.93. The SMILES string of the molecule is O=S(=O)(Nc1nc2ccccc2nc1NCc1ccc(F)cc1)c1cccs1.